The highest BCUT2D eigenvalue weighted by molar-refractivity contribution is 7.99. The molecule has 2 rings (SSSR count). The van der Waals surface area contributed by atoms with Crippen molar-refractivity contribution in [3.63, 3.8) is 0 Å². The molecule has 0 radical (unpaired) electrons. The maximum atomic E-state index is 12.0. The summed E-state index contributed by atoms with van der Waals surface area (Å²) in [5.41, 5.74) is -0.425. The Morgan fingerprint density at radius 3 is 2.78 bits per heavy atom. The summed E-state index contributed by atoms with van der Waals surface area (Å²) in [7, 11) is 0. The molecule has 2 heterocycles. The van der Waals surface area contributed by atoms with Crippen molar-refractivity contribution in [2.75, 3.05) is 11.1 Å². The van der Waals surface area contributed by atoms with Crippen LogP contribution < -0.4 is 11.0 Å². The molecule has 0 aromatic carbocycles. The van der Waals surface area contributed by atoms with E-state index in [9.17, 15) is 14.4 Å². The molecular formula is C15H21N3O4S. The molecular weight excluding hydrogens is 318 g/mol. The molecule has 0 saturated carbocycles. The number of thioether (sulfide) groups is 1. The van der Waals surface area contributed by atoms with Gasteiger partial charge in [0.05, 0.1) is 0 Å². The van der Waals surface area contributed by atoms with Gasteiger partial charge in [-0.25, -0.2) is 4.79 Å². The molecule has 1 aliphatic heterocycles. The Morgan fingerprint density at radius 2 is 2.22 bits per heavy atom. The third kappa shape index (κ3) is 4.90. The second-order valence-electron chi connectivity index (χ2n) is 5.66. The standard InChI is InChI=1S/C15H21N3O4S/c1-9(2)11(19)4-5-13(20)16-12-6-7-18(15(21)17-12)14-8-23-10(3)22-14/h6-7,9-10,14H,4-5,8H2,1-3H3,(H,16,17,20,21). The lowest BCUT2D eigenvalue weighted by atomic mass is 10.0. The molecule has 0 aliphatic carbocycles. The Bertz CT molecular complexity index is 644. The largest absolute Gasteiger partial charge is 0.351 e. The average Bonchev–Trinajstić information content (AvgIpc) is 2.91. The highest BCUT2D eigenvalue weighted by Gasteiger charge is 2.24. The third-order valence-electron chi connectivity index (χ3n) is 3.47. The van der Waals surface area contributed by atoms with Crippen molar-refractivity contribution in [2.24, 2.45) is 5.92 Å². The van der Waals surface area contributed by atoms with E-state index in [2.05, 4.69) is 10.3 Å². The molecule has 1 aromatic rings. The van der Waals surface area contributed by atoms with Crippen LogP contribution in [-0.2, 0) is 14.3 Å². The van der Waals surface area contributed by atoms with Gasteiger partial charge in [-0.3, -0.25) is 14.2 Å². The number of hydrogen-bond donors (Lipinski definition) is 1. The van der Waals surface area contributed by atoms with Crippen LogP contribution in [0.2, 0.25) is 0 Å². The van der Waals surface area contributed by atoms with Crippen LogP contribution in [0.15, 0.2) is 17.1 Å². The van der Waals surface area contributed by atoms with Crippen LogP contribution >= 0.6 is 11.8 Å². The predicted molar refractivity (Wildman–Crippen MR) is 88.2 cm³/mol. The highest BCUT2D eigenvalue weighted by atomic mass is 32.2. The highest BCUT2D eigenvalue weighted by Crippen LogP contribution is 2.30. The number of anilines is 1. The second-order valence-corrected chi connectivity index (χ2v) is 6.99. The zero-order chi connectivity index (χ0) is 17.0. The van der Waals surface area contributed by atoms with Crippen molar-refractivity contribution >= 4 is 29.3 Å². The summed E-state index contributed by atoms with van der Waals surface area (Å²) in [5, 5.41) is 2.54. The van der Waals surface area contributed by atoms with Crippen LogP contribution in [0.4, 0.5) is 5.82 Å². The minimum atomic E-state index is -0.472. The first kappa shape index (κ1) is 17.7. The number of carbonyl (C=O) groups is 2. The van der Waals surface area contributed by atoms with Gasteiger partial charge in [0.25, 0.3) is 0 Å². The number of nitrogens with zero attached hydrogens (tertiary/aromatic N) is 2. The zero-order valence-electron chi connectivity index (χ0n) is 13.4. The lowest BCUT2D eigenvalue weighted by molar-refractivity contribution is -0.124. The maximum absolute atomic E-state index is 12.0. The molecule has 23 heavy (non-hydrogen) atoms. The minimum Gasteiger partial charge on any atom is -0.343 e. The van der Waals surface area contributed by atoms with Crippen LogP contribution in [0.25, 0.3) is 0 Å². The van der Waals surface area contributed by atoms with Crippen LogP contribution in [0.1, 0.15) is 39.8 Å². The van der Waals surface area contributed by atoms with Crippen LogP contribution in [-0.4, -0.2) is 32.4 Å². The molecule has 2 atom stereocenters. The number of nitrogens with one attached hydrogen (secondary N) is 1. The van der Waals surface area contributed by atoms with E-state index in [-0.39, 0.29) is 47.9 Å². The number of carbonyl (C=O) groups excluding carboxylic acids is 2. The van der Waals surface area contributed by atoms with Gasteiger partial charge in [0.2, 0.25) is 5.91 Å². The van der Waals surface area contributed by atoms with E-state index in [4.69, 9.17) is 4.74 Å². The first-order chi connectivity index (χ1) is 10.9. The van der Waals surface area contributed by atoms with Gasteiger partial charge in [-0.15, -0.1) is 11.8 Å². The summed E-state index contributed by atoms with van der Waals surface area (Å²) in [6.07, 6.45) is 1.50. The van der Waals surface area contributed by atoms with Gasteiger partial charge in [0.15, 0.2) is 0 Å². The Labute approximate surface area is 138 Å². The number of ether oxygens (including phenoxy) is 1. The van der Waals surface area contributed by atoms with Crippen molar-refractivity contribution in [3.05, 3.63) is 22.7 Å². The van der Waals surface area contributed by atoms with Crippen molar-refractivity contribution < 1.29 is 14.3 Å². The third-order valence-corrected chi connectivity index (χ3v) is 4.53. The molecule has 1 aromatic heterocycles. The molecule has 1 aliphatic rings. The summed E-state index contributed by atoms with van der Waals surface area (Å²) >= 11 is 1.62. The summed E-state index contributed by atoms with van der Waals surface area (Å²) in [6.45, 7) is 5.52. The second kappa shape index (κ2) is 7.74. The quantitative estimate of drug-likeness (QED) is 0.850. The Hall–Kier alpha value is -1.67. The van der Waals surface area contributed by atoms with E-state index in [1.54, 1.807) is 37.9 Å². The monoisotopic (exact) mass is 339 g/mol. The summed E-state index contributed by atoms with van der Waals surface area (Å²) in [4.78, 5) is 39.2. The summed E-state index contributed by atoms with van der Waals surface area (Å²) in [6, 6.07) is 1.56. The lowest BCUT2D eigenvalue weighted by Crippen LogP contribution is -2.29. The number of aromatic nitrogens is 2. The molecule has 8 heteroatoms. The number of hydrogen-bond acceptors (Lipinski definition) is 6. The zero-order valence-corrected chi connectivity index (χ0v) is 14.3. The fraction of sp³-hybridized carbons (Fsp3) is 0.600. The Kier molecular flexibility index (Phi) is 5.95. The van der Waals surface area contributed by atoms with E-state index in [1.165, 1.54) is 4.57 Å². The topological polar surface area (TPSA) is 90.3 Å². The average molecular weight is 339 g/mol. The normalized spacial score (nSPS) is 20.7. The van der Waals surface area contributed by atoms with Gasteiger partial charge >= 0.3 is 5.69 Å². The summed E-state index contributed by atoms with van der Waals surface area (Å²) in [5.74, 6) is 0.494. The predicted octanol–water partition coefficient (Wildman–Crippen LogP) is 1.80. The molecule has 1 N–H and O–H groups in total. The molecule has 0 spiro atoms. The van der Waals surface area contributed by atoms with Crippen molar-refractivity contribution in [3.8, 4) is 0 Å². The molecule has 126 valence electrons. The van der Waals surface area contributed by atoms with E-state index in [0.717, 1.165) is 0 Å². The van der Waals surface area contributed by atoms with Crippen LogP contribution in [0.3, 0.4) is 0 Å². The van der Waals surface area contributed by atoms with E-state index >= 15 is 0 Å². The summed E-state index contributed by atoms with van der Waals surface area (Å²) < 4.78 is 7.01. The van der Waals surface area contributed by atoms with E-state index in [1.807, 2.05) is 6.92 Å². The first-order valence-electron chi connectivity index (χ1n) is 7.55. The van der Waals surface area contributed by atoms with Gasteiger partial charge in [-0.05, 0) is 13.0 Å². The van der Waals surface area contributed by atoms with Crippen molar-refractivity contribution in [1.82, 2.24) is 9.55 Å². The van der Waals surface area contributed by atoms with Gasteiger partial charge in [0.1, 0.15) is 23.3 Å². The SMILES string of the molecule is CC1OC(n2ccc(NC(=O)CCC(=O)C(C)C)nc2=O)CS1. The van der Waals surface area contributed by atoms with Gasteiger partial charge in [-0.2, -0.15) is 4.98 Å². The number of rotatable bonds is 6. The fourth-order valence-corrected chi connectivity index (χ4v) is 2.98. The van der Waals surface area contributed by atoms with Gasteiger partial charge in [0, 0.05) is 30.7 Å². The number of amides is 1. The Balaban J connectivity index is 1.94. The van der Waals surface area contributed by atoms with E-state index < -0.39 is 5.69 Å². The van der Waals surface area contributed by atoms with Crippen LogP contribution in [0, 0.1) is 5.92 Å². The molecule has 0 bridgehead atoms. The van der Waals surface area contributed by atoms with Gasteiger partial charge in [-0.1, -0.05) is 13.8 Å². The van der Waals surface area contributed by atoms with Crippen molar-refractivity contribution in [1.29, 1.82) is 0 Å². The molecule has 7 nitrogen and oxygen atoms in total. The Morgan fingerprint density at radius 1 is 1.48 bits per heavy atom. The number of Topliss-reactive ketones (excluding diaryl/α,β-unsaturated/α-hetero) is 1. The van der Waals surface area contributed by atoms with Crippen LogP contribution in [0.5, 0.6) is 0 Å². The molecule has 1 fully saturated rings. The van der Waals surface area contributed by atoms with Crippen molar-refractivity contribution in [2.45, 2.75) is 45.3 Å². The van der Waals surface area contributed by atoms with E-state index in [0.29, 0.717) is 5.75 Å². The molecule has 1 saturated heterocycles. The molecule has 2 unspecified atom stereocenters. The maximum Gasteiger partial charge on any atom is 0.351 e. The fourth-order valence-electron chi connectivity index (χ4n) is 2.10. The molecule has 1 amide bonds. The lowest BCUT2D eigenvalue weighted by Gasteiger charge is -2.13. The van der Waals surface area contributed by atoms with Gasteiger partial charge < -0.3 is 10.1 Å². The first-order valence-corrected chi connectivity index (χ1v) is 8.60. The number of ketones is 1. The minimum absolute atomic E-state index is 0.0357. The smallest absolute Gasteiger partial charge is 0.343 e.